The molecule has 96 valence electrons. The molecule has 0 fully saturated rings. The summed E-state index contributed by atoms with van der Waals surface area (Å²) in [7, 11) is 1.76. The van der Waals surface area contributed by atoms with E-state index in [1.807, 2.05) is 6.92 Å². The Labute approximate surface area is 99.8 Å². The highest BCUT2D eigenvalue weighted by molar-refractivity contribution is 5.76. The van der Waals surface area contributed by atoms with Crippen LogP contribution in [0.5, 0.6) is 0 Å². The molecular weight excluding hydrogens is 202 g/mol. The third kappa shape index (κ3) is 6.11. The van der Waals surface area contributed by atoms with Crippen molar-refractivity contribution in [2.75, 3.05) is 13.7 Å². The van der Waals surface area contributed by atoms with E-state index < -0.39 is 0 Å². The van der Waals surface area contributed by atoms with Crippen molar-refractivity contribution in [1.29, 1.82) is 0 Å². The number of hydrogen-bond donors (Lipinski definition) is 1. The Morgan fingerprint density at radius 1 is 1.31 bits per heavy atom. The summed E-state index contributed by atoms with van der Waals surface area (Å²) in [5, 5.41) is 8.98. The van der Waals surface area contributed by atoms with E-state index in [2.05, 4.69) is 27.7 Å². The van der Waals surface area contributed by atoms with Crippen molar-refractivity contribution < 1.29 is 9.90 Å². The lowest BCUT2D eigenvalue weighted by Crippen LogP contribution is -2.38. The number of carbonyl (C=O) groups is 1. The molecule has 0 aliphatic heterocycles. The first-order chi connectivity index (χ1) is 7.17. The van der Waals surface area contributed by atoms with Crippen molar-refractivity contribution >= 4 is 5.91 Å². The van der Waals surface area contributed by atoms with Gasteiger partial charge in [-0.2, -0.15) is 0 Å². The first-order valence-corrected chi connectivity index (χ1v) is 6.04. The molecule has 2 unspecified atom stereocenters. The second-order valence-corrected chi connectivity index (χ2v) is 6.11. The van der Waals surface area contributed by atoms with Gasteiger partial charge in [-0.3, -0.25) is 4.79 Å². The fourth-order valence-corrected chi connectivity index (χ4v) is 1.93. The van der Waals surface area contributed by atoms with Gasteiger partial charge in [0.05, 0.1) is 12.6 Å². The molecule has 1 N–H and O–H groups in total. The maximum atomic E-state index is 11.9. The van der Waals surface area contributed by atoms with Crippen LogP contribution < -0.4 is 0 Å². The Kier molecular flexibility index (Phi) is 6.01. The predicted molar refractivity (Wildman–Crippen MR) is 67.2 cm³/mol. The van der Waals surface area contributed by atoms with Gasteiger partial charge in [0.15, 0.2) is 0 Å². The molecule has 0 rings (SSSR count). The van der Waals surface area contributed by atoms with E-state index in [1.165, 1.54) is 0 Å². The van der Waals surface area contributed by atoms with Crippen molar-refractivity contribution in [3.63, 3.8) is 0 Å². The van der Waals surface area contributed by atoms with E-state index >= 15 is 0 Å². The lowest BCUT2D eigenvalue weighted by Gasteiger charge is -2.27. The second-order valence-electron chi connectivity index (χ2n) is 6.11. The summed E-state index contributed by atoms with van der Waals surface area (Å²) in [6, 6.07) is -0.0886. The largest absolute Gasteiger partial charge is 0.394 e. The van der Waals surface area contributed by atoms with Crippen molar-refractivity contribution in [2.24, 2.45) is 11.3 Å². The zero-order chi connectivity index (χ0) is 12.9. The summed E-state index contributed by atoms with van der Waals surface area (Å²) in [5.41, 5.74) is 0.265. The standard InChI is InChI=1S/C13H27NO2/c1-10(8-13(3,4)5)7-12(16)14(6)11(2)9-15/h10-11,15H,7-9H2,1-6H3. The number of likely N-dealkylation sites (N-methyl/N-ethyl adjacent to an activating group) is 1. The molecule has 0 bridgehead atoms. The van der Waals surface area contributed by atoms with Gasteiger partial charge in [0.25, 0.3) is 0 Å². The highest BCUT2D eigenvalue weighted by atomic mass is 16.3. The van der Waals surface area contributed by atoms with Gasteiger partial charge < -0.3 is 10.0 Å². The molecule has 0 aromatic rings. The molecule has 0 aliphatic rings. The van der Waals surface area contributed by atoms with E-state index in [0.717, 1.165) is 6.42 Å². The van der Waals surface area contributed by atoms with Crippen molar-refractivity contribution in [2.45, 2.75) is 53.5 Å². The topological polar surface area (TPSA) is 40.5 Å². The molecular formula is C13H27NO2. The van der Waals surface area contributed by atoms with Crippen LogP contribution in [0.4, 0.5) is 0 Å². The van der Waals surface area contributed by atoms with Crippen molar-refractivity contribution in [3.8, 4) is 0 Å². The summed E-state index contributed by atoms with van der Waals surface area (Å²) < 4.78 is 0. The van der Waals surface area contributed by atoms with E-state index in [4.69, 9.17) is 5.11 Å². The zero-order valence-corrected chi connectivity index (χ0v) is 11.6. The Morgan fingerprint density at radius 3 is 2.19 bits per heavy atom. The van der Waals surface area contributed by atoms with Crippen LogP contribution in [-0.4, -0.2) is 35.6 Å². The van der Waals surface area contributed by atoms with Crippen LogP contribution >= 0.6 is 0 Å². The van der Waals surface area contributed by atoms with Crippen LogP contribution in [0.2, 0.25) is 0 Å². The second kappa shape index (κ2) is 6.24. The van der Waals surface area contributed by atoms with E-state index in [-0.39, 0.29) is 24.0 Å². The maximum Gasteiger partial charge on any atom is 0.222 e. The Morgan fingerprint density at radius 2 is 1.81 bits per heavy atom. The van der Waals surface area contributed by atoms with Crippen molar-refractivity contribution in [1.82, 2.24) is 4.90 Å². The molecule has 0 aromatic carbocycles. The predicted octanol–water partition coefficient (Wildman–Crippen LogP) is 2.29. The number of amides is 1. The Hall–Kier alpha value is -0.570. The van der Waals surface area contributed by atoms with Gasteiger partial charge >= 0.3 is 0 Å². The summed E-state index contributed by atoms with van der Waals surface area (Å²) >= 11 is 0. The lowest BCUT2D eigenvalue weighted by atomic mass is 9.84. The SMILES string of the molecule is CC(CC(=O)N(C)C(C)CO)CC(C)(C)C. The smallest absolute Gasteiger partial charge is 0.222 e. The maximum absolute atomic E-state index is 11.9. The third-order valence-electron chi connectivity index (χ3n) is 2.80. The number of hydrogen-bond acceptors (Lipinski definition) is 2. The lowest BCUT2D eigenvalue weighted by molar-refractivity contribution is -0.133. The monoisotopic (exact) mass is 229 g/mol. The Bertz CT molecular complexity index is 220. The van der Waals surface area contributed by atoms with Gasteiger partial charge in [-0.1, -0.05) is 27.7 Å². The van der Waals surface area contributed by atoms with Crippen LogP contribution in [0.1, 0.15) is 47.5 Å². The van der Waals surface area contributed by atoms with E-state index in [1.54, 1.807) is 11.9 Å². The van der Waals surface area contributed by atoms with Crippen molar-refractivity contribution in [3.05, 3.63) is 0 Å². The highest BCUT2D eigenvalue weighted by Crippen LogP contribution is 2.26. The minimum atomic E-state index is -0.0886. The van der Waals surface area contributed by atoms with Crippen LogP contribution in [0.3, 0.4) is 0 Å². The summed E-state index contributed by atoms with van der Waals surface area (Å²) in [4.78, 5) is 13.5. The quantitative estimate of drug-likeness (QED) is 0.785. The average Bonchev–Trinajstić information content (AvgIpc) is 2.12. The van der Waals surface area contributed by atoms with Gasteiger partial charge in [0, 0.05) is 13.5 Å². The number of aliphatic hydroxyl groups excluding tert-OH is 1. The zero-order valence-electron chi connectivity index (χ0n) is 11.6. The summed E-state index contributed by atoms with van der Waals surface area (Å²) in [6.45, 7) is 10.6. The number of carbonyl (C=O) groups excluding carboxylic acids is 1. The molecule has 0 radical (unpaired) electrons. The number of nitrogens with zero attached hydrogens (tertiary/aromatic N) is 1. The normalized spacial score (nSPS) is 15.7. The van der Waals surface area contributed by atoms with Gasteiger partial charge in [-0.25, -0.2) is 0 Å². The summed E-state index contributed by atoms with van der Waals surface area (Å²) in [5.74, 6) is 0.513. The minimum absolute atomic E-state index is 0.0237. The van der Waals surface area contributed by atoms with Crippen LogP contribution in [-0.2, 0) is 4.79 Å². The molecule has 1 amide bonds. The van der Waals surface area contributed by atoms with Gasteiger partial charge in [-0.15, -0.1) is 0 Å². The fraction of sp³-hybridized carbons (Fsp3) is 0.923. The molecule has 0 saturated carbocycles. The molecule has 3 heteroatoms. The van der Waals surface area contributed by atoms with E-state index in [0.29, 0.717) is 12.3 Å². The molecule has 3 nitrogen and oxygen atoms in total. The third-order valence-corrected chi connectivity index (χ3v) is 2.80. The Balaban J connectivity index is 4.14. The van der Waals surface area contributed by atoms with Crippen LogP contribution in [0.25, 0.3) is 0 Å². The molecule has 0 spiro atoms. The summed E-state index contributed by atoms with van der Waals surface area (Å²) in [6.07, 6.45) is 1.61. The number of aliphatic hydroxyl groups is 1. The molecule has 16 heavy (non-hydrogen) atoms. The molecule has 0 aliphatic carbocycles. The fourth-order valence-electron chi connectivity index (χ4n) is 1.93. The molecule has 2 atom stereocenters. The average molecular weight is 229 g/mol. The van der Waals surface area contributed by atoms with Gasteiger partial charge in [-0.05, 0) is 24.7 Å². The molecule has 0 aromatic heterocycles. The van der Waals surface area contributed by atoms with E-state index in [9.17, 15) is 4.79 Å². The molecule has 0 heterocycles. The van der Waals surface area contributed by atoms with Crippen LogP contribution in [0, 0.1) is 11.3 Å². The van der Waals surface area contributed by atoms with Crippen LogP contribution in [0.15, 0.2) is 0 Å². The highest BCUT2D eigenvalue weighted by Gasteiger charge is 2.21. The molecule has 0 saturated heterocycles. The van der Waals surface area contributed by atoms with Gasteiger partial charge in [0.1, 0.15) is 0 Å². The first-order valence-electron chi connectivity index (χ1n) is 6.04. The number of rotatable bonds is 5. The first kappa shape index (κ1) is 15.4. The van der Waals surface area contributed by atoms with Gasteiger partial charge in [0.2, 0.25) is 5.91 Å². The minimum Gasteiger partial charge on any atom is -0.394 e.